The van der Waals surface area contributed by atoms with E-state index in [1.54, 1.807) is 0 Å². The zero-order chi connectivity index (χ0) is 6.41. The van der Waals surface area contributed by atoms with E-state index in [1.165, 1.54) is 4.90 Å². The first kappa shape index (κ1) is 29.7. The fourth-order valence-electron chi connectivity index (χ4n) is 0.328. The summed E-state index contributed by atoms with van der Waals surface area (Å²) in [4.78, 5) is 1.29. The molecular weight excluding hydrogens is 158 g/mol. The average Bonchev–Trinajstić information content (AvgIpc) is 1.83. The highest BCUT2D eigenvalue weighted by atomic mass is 16.3. The molecule has 0 saturated carbocycles. The van der Waals surface area contributed by atoms with Gasteiger partial charge in [-0.05, 0) is 0 Å². The molecule has 0 aromatic rings. The lowest BCUT2D eigenvalue weighted by Gasteiger charge is -2.12. The molecule has 0 rings (SSSR count). The first-order valence-electron chi connectivity index (χ1n) is 2.40. The molecule has 12 heavy (non-hydrogen) atoms. The monoisotopic (exact) mass is 185 g/mol. The van der Waals surface area contributed by atoms with E-state index in [9.17, 15) is 0 Å². The number of aliphatic hydroxyl groups is 3. The molecule has 4 nitrogen and oxygen atoms in total. The van der Waals surface area contributed by atoms with Gasteiger partial charge in [0.25, 0.3) is 0 Å². The van der Waals surface area contributed by atoms with E-state index in [2.05, 4.69) is 0 Å². The highest BCUT2D eigenvalue weighted by molar-refractivity contribution is 4.40. The smallest absolute Gasteiger partial charge is 0.0975 e. The topological polar surface area (TPSA) is 63.9 Å². The molecule has 0 saturated heterocycles. The summed E-state index contributed by atoms with van der Waals surface area (Å²) in [7, 11) is 0. The third-order valence-corrected chi connectivity index (χ3v) is 0.816. The Kier molecular flexibility index (Phi) is 55.6. The molecule has 0 aliphatic heterocycles. The minimum absolute atomic E-state index is 0. The molecule has 82 valence electrons. The van der Waals surface area contributed by atoms with Crippen molar-refractivity contribution < 1.29 is 15.3 Å². The van der Waals surface area contributed by atoms with Gasteiger partial charge in [0.15, 0.2) is 0 Å². The number of hydrogen-bond donors (Lipinski definition) is 3. The summed E-state index contributed by atoms with van der Waals surface area (Å²) in [5.41, 5.74) is 0. The van der Waals surface area contributed by atoms with E-state index in [0.29, 0.717) is 6.54 Å². The molecule has 0 aliphatic carbocycles. The van der Waals surface area contributed by atoms with Crippen LogP contribution in [-0.4, -0.2) is 46.8 Å². The quantitative estimate of drug-likeness (QED) is 0.565. The molecule has 0 aliphatic rings. The highest BCUT2D eigenvalue weighted by Gasteiger charge is 1.95. The summed E-state index contributed by atoms with van der Waals surface area (Å²) in [6, 6.07) is 0. The van der Waals surface area contributed by atoms with Gasteiger partial charge < -0.3 is 15.3 Å². The fraction of sp³-hybridized carbons (Fsp3) is 1.00. The van der Waals surface area contributed by atoms with Gasteiger partial charge in [-0.3, -0.25) is 4.90 Å². The van der Waals surface area contributed by atoms with Crippen LogP contribution < -0.4 is 0 Å². The van der Waals surface area contributed by atoms with Gasteiger partial charge in [0.1, 0.15) is 0 Å². The standard InChI is InChI=1S/C4H11NO3.4CH4/c6-2-1-5(3-7)4-8;;;;/h6-8H,1-4H2;4*1H4. The van der Waals surface area contributed by atoms with Crippen molar-refractivity contribution in [3.63, 3.8) is 0 Å². The number of hydrogen-bond acceptors (Lipinski definition) is 4. The second-order valence-electron chi connectivity index (χ2n) is 1.40. The van der Waals surface area contributed by atoms with Gasteiger partial charge in [-0.1, -0.05) is 29.7 Å². The molecule has 0 heterocycles. The second-order valence-corrected chi connectivity index (χ2v) is 1.40. The van der Waals surface area contributed by atoms with Crippen molar-refractivity contribution in [2.45, 2.75) is 29.7 Å². The number of nitrogens with zero attached hydrogens (tertiary/aromatic N) is 1. The van der Waals surface area contributed by atoms with Crippen molar-refractivity contribution in [1.82, 2.24) is 4.90 Å². The van der Waals surface area contributed by atoms with Gasteiger partial charge in [-0.25, -0.2) is 0 Å². The molecule has 0 aromatic heterocycles. The zero-order valence-corrected chi connectivity index (χ0v) is 4.62. The van der Waals surface area contributed by atoms with E-state index in [-0.39, 0.29) is 49.8 Å². The summed E-state index contributed by atoms with van der Waals surface area (Å²) < 4.78 is 0. The minimum Gasteiger partial charge on any atom is -0.395 e. The molecule has 0 radical (unpaired) electrons. The lowest BCUT2D eigenvalue weighted by atomic mass is 10.6. The van der Waals surface area contributed by atoms with Crippen LogP contribution in [0.5, 0.6) is 0 Å². The van der Waals surface area contributed by atoms with E-state index >= 15 is 0 Å². The lowest BCUT2D eigenvalue weighted by molar-refractivity contribution is 0.0184. The molecule has 0 spiro atoms. The van der Waals surface area contributed by atoms with E-state index in [0.717, 1.165) is 0 Å². The van der Waals surface area contributed by atoms with Gasteiger partial charge in [0, 0.05) is 6.54 Å². The van der Waals surface area contributed by atoms with Gasteiger partial charge in [-0.15, -0.1) is 0 Å². The molecule has 3 N–H and O–H groups in total. The van der Waals surface area contributed by atoms with Crippen LogP contribution in [-0.2, 0) is 0 Å². The van der Waals surface area contributed by atoms with Crippen LogP contribution in [0.3, 0.4) is 0 Å². The normalized spacial score (nSPS) is 7.00. The molecule has 0 aromatic carbocycles. The lowest BCUT2D eigenvalue weighted by Crippen LogP contribution is -2.28. The Balaban J connectivity index is -0.0000000408. The highest BCUT2D eigenvalue weighted by Crippen LogP contribution is 1.78. The largest absolute Gasteiger partial charge is 0.395 e. The molecule has 0 amide bonds. The van der Waals surface area contributed by atoms with Crippen molar-refractivity contribution in [2.24, 2.45) is 0 Å². The molecule has 0 bridgehead atoms. The molecule has 0 unspecified atom stereocenters. The minimum atomic E-state index is -0.211. The zero-order valence-electron chi connectivity index (χ0n) is 4.62. The third kappa shape index (κ3) is 16.4. The van der Waals surface area contributed by atoms with Crippen LogP contribution in [0.15, 0.2) is 0 Å². The molecule has 0 fully saturated rings. The Morgan fingerprint density at radius 2 is 1.08 bits per heavy atom. The summed E-state index contributed by atoms with van der Waals surface area (Å²) in [5, 5.41) is 24.9. The Morgan fingerprint density at radius 3 is 1.17 bits per heavy atom. The van der Waals surface area contributed by atoms with Crippen molar-refractivity contribution in [3.05, 3.63) is 0 Å². The number of rotatable bonds is 4. The maximum atomic E-state index is 8.31. The van der Waals surface area contributed by atoms with Crippen LogP contribution in [0.1, 0.15) is 29.7 Å². The first-order valence-corrected chi connectivity index (χ1v) is 2.40. The van der Waals surface area contributed by atoms with Crippen molar-refractivity contribution >= 4 is 0 Å². The van der Waals surface area contributed by atoms with Crippen LogP contribution >= 0.6 is 0 Å². The molecule has 0 atom stereocenters. The van der Waals surface area contributed by atoms with E-state index < -0.39 is 0 Å². The van der Waals surface area contributed by atoms with Crippen LogP contribution in [0.25, 0.3) is 0 Å². The average molecular weight is 185 g/mol. The molecule has 4 heteroatoms. The number of aliphatic hydroxyl groups excluding tert-OH is 3. The summed E-state index contributed by atoms with van der Waals surface area (Å²) in [6.07, 6.45) is 0. The predicted octanol–water partition coefficient (Wildman–Crippen LogP) is 0.725. The van der Waals surface area contributed by atoms with E-state index in [4.69, 9.17) is 15.3 Å². The maximum Gasteiger partial charge on any atom is 0.0975 e. The van der Waals surface area contributed by atoms with Gasteiger partial charge in [-0.2, -0.15) is 0 Å². The molecular formula is C8H27NO3. The maximum absolute atomic E-state index is 8.31. The van der Waals surface area contributed by atoms with Crippen molar-refractivity contribution in [1.29, 1.82) is 0 Å². The second kappa shape index (κ2) is 22.4. The Morgan fingerprint density at radius 1 is 0.750 bits per heavy atom. The Hall–Kier alpha value is -0.160. The Labute approximate surface area is 77.5 Å². The summed E-state index contributed by atoms with van der Waals surface area (Å²) in [5.74, 6) is 0. The fourth-order valence-corrected chi connectivity index (χ4v) is 0.328. The van der Waals surface area contributed by atoms with Gasteiger partial charge in [0.2, 0.25) is 0 Å². The van der Waals surface area contributed by atoms with Crippen LogP contribution in [0.2, 0.25) is 0 Å². The summed E-state index contributed by atoms with van der Waals surface area (Å²) >= 11 is 0. The van der Waals surface area contributed by atoms with Crippen LogP contribution in [0.4, 0.5) is 0 Å². The SMILES string of the molecule is C.C.C.C.OCCN(CO)CO. The van der Waals surface area contributed by atoms with Crippen molar-refractivity contribution in [3.8, 4) is 0 Å². The van der Waals surface area contributed by atoms with Gasteiger partial charge >= 0.3 is 0 Å². The third-order valence-electron chi connectivity index (χ3n) is 0.816. The van der Waals surface area contributed by atoms with E-state index in [1.807, 2.05) is 0 Å². The summed E-state index contributed by atoms with van der Waals surface area (Å²) in [6.45, 7) is -0.151. The first-order chi connectivity index (χ1) is 3.85. The van der Waals surface area contributed by atoms with Gasteiger partial charge in [0.05, 0.1) is 20.1 Å². The van der Waals surface area contributed by atoms with Crippen molar-refractivity contribution in [2.75, 3.05) is 26.6 Å². The Bertz CT molecular complexity index is 49.6. The van der Waals surface area contributed by atoms with Crippen LogP contribution in [0, 0.1) is 0 Å². The predicted molar refractivity (Wildman–Crippen MR) is 54.9 cm³/mol.